The normalized spacial score (nSPS) is 12.5. The molecule has 0 spiro atoms. The van der Waals surface area contributed by atoms with Gasteiger partial charge in [0.25, 0.3) is 0 Å². The van der Waals surface area contributed by atoms with Gasteiger partial charge >= 0.3 is 0 Å². The third-order valence-electron chi connectivity index (χ3n) is 2.88. The number of benzene rings is 1. The van der Waals surface area contributed by atoms with Crippen molar-refractivity contribution in [2.24, 2.45) is 0 Å². The molecule has 21 heavy (non-hydrogen) atoms. The number of thiophene rings is 1. The average molecular weight is 322 g/mol. The molecule has 1 atom stereocenters. The van der Waals surface area contributed by atoms with Crippen LogP contribution in [0.15, 0.2) is 48.5 Å². The predicted octanol–water partition coefficient (Wildman–Crippen LogP) is 3.13. The number of halogens is 1. The van der Waals surface area contributed by atoms with Crippen LogP contribution in [0, 0.1) is 0 Å². The second-order valence-electron chi connectivity index (χ2n) is 4.55. The molecule has 1 aromatic carbocycles. The van der Waals surface area contributed by atoms with Crippen molar-refractivity contribution in [2.45, 2.75) is 12.5 Å². The Hall–Kier alpha value is -1.62. The Balaban J connectivity index is 1.89. The monoisotopic (exact) mass is 321 g/mol. The molecule has 3 nitrogen and oxygen atoms in total. The maximum absolute atomic E-state index is 11.8. The zero-order valence-electron chi connectivity index (χ0n) is 11.3. The number of amides is 1. The standard InChI is InChI=1S/C16H16ClNO2S/c17-15-8-6-14(21-15)7-9-16(20)18-13(11-19)10-12-4-2-1-3-5-12/h1-9,13,19H,10-11H2,(H,18,20)/b9-7+/t13-/m1/s1. The van der Waals surface area contributed by atoms with E-state index in [1.165, 1.54) is 17.4 Å². The zero-order valence-corrected chi connectivity index (χ0v) is 12.9. The smallest absolute Gasteiger partial charge is 0.244 e. The maximum Gasteiger partial charge on any atom is 0.244 e. The van der Waals surface area contributed by atoms with Gasteiger partial charge in [-0.15, -0.1) is 11.3 Å². The van der Waals surface area contributed by atoms with Gasteiger partial charge in [-0.2, -0.15) is 0 Å². The van der Waals surface area contributed by atoms with Crippen LogP contribution in [0.2, 0.25) is 4.34 Å². The number of rotatable bonds is 6. The van der Waals surface area contributed by atoms with Gasteiger partial charge in [-0.25, -0.2) is 0 Å². The molecule has 0 aliphatic rings. The van der Waals surface area contributed by atoms with E-state index in [4.69, 9.17) is 11.6 Å². The van der Waals surface area contributed by atoms with Gasteiger partial charge in [-0.3, -0.25) is 4.79 Å². The summed E-state index contributed by atoms with van der Waals surface area (Å²) in [5.74, 6) is -0.227. The molecule has 0 unspecified atom stereocenters. The summed E-state index contributed by atoms with van der Waals surface area (Å²) in [6, 6.07) is 13.1. The van der Waals surface area contributed by atoms with Crippen molar-refractivity contribution in [1.29, 1.82) is 0 Å². The SMILES string of the molecule is O=C(/C=C/c1ccc(Cl)s1)N[C@@H](CO)Cc1ccccc1. The molecule has 0 radical (unpaired) electrons. The number of hydrogen-bond acceptors (Lipinski definition) is 3. The molecule has 0 fully saturated rings. The number of nitrogens with one attached hydrogen (secondary N) is 1. The van der Waals surface area contributed by atoms with Crippen LogP contribution in [0.1, 0.15) is 10.4 Å². The highest BCUT2D eigenvalue weighted by Crippen LogP contribution is 2.22. The number of aliphatic hydroxyl groups is 1. The second kappa shape index (κ2) is 7.98. The van der Waals surface area contributed by atoms with E-state index in [2.05, 4.69) is 5.32 Å². The van der Waals surface area contributed by atoms with E-state index in [1.807, 2.05) is 36.4 Å². The molecular weight excluding hydrogens is 306 g/mol. The lowest BCUT2D eigenvalue weighted by Crippen LogP contribution is -2.38. The summed E-state index contributed by atoms with van der Waals surface area (Å²) in [5, 5.41) is 12.2. The van der Waals surface area contributed by atoms with Gasteiger partial charge < -0.3 is 10.4 Å². The summed E-state index contributed by atoms with van der Waals surface area (Å²) in [4.78, 5) is 12.8. The number of carbonyl (C=O) groups excluding carboxylic acids is 1. The van der Waals surface area contributed by atoms with Crippen LogP contribution < -0.4 is 5.32 Å². The Labute approximate surface area is 132 Å². The van der Waals surface area contributed by atoms with Crippen molar-refractivity contribution in [1.82, 2.24) is 5.32 Å². The van der Waals surface area contributed by atoms with E-state index in [9.17, 15) is 9.90 Å². The maximum atomic E-state index is 11.8. The summed E-state index contributed by atoms with van der Waals surface area (Å²) < 4.78 is 0.687. The molecule has 0 saturated heterocycles. The molecule has 0 bridgehead atoms. The van der Waals surface area contributed by atoms with Crippen LogP contribution in [0.3, 0.4) is 0 Å². The molecule has 1 heterocycles. The lowest BCUT2D eigenvalue weighted by Gasteiger charge is -2.15. The van der Waals surface area contributed by atoms with Gasteiger partial charge in [-0.1, -0.05) is 41.9 Å². The zero-order chi connectivity index (χ0) is 15.1. The van der Waals surface area contributed by atoms with Crippen molar-refractivity contribution in [3.8, 4) is 0 Å². The second-order valence-corrected chi connectivity index (χ2v) is 6.30. The first-order valence-electron chi connectivity index (χ1n) is 6.56. The number of hydrogen-bond donors (Lipinski definition) is 2. The Morgan fingerprint density at radius 2 is 2.05 bits per heavy atom. The van der Waals surface area contributed by atoms with E-state index in [0.717, 1.165) is 10.4 Å². The number of aliphatic hydroxyl groups excluding tert-OH is 1. The largest absolute Gasteiger partial charge is 0.394 e. The molecule has 2 rings (SSSR count). The van der Waals surface area contributed by atoms with Crippen LogP contribution in [0.25, 0.3) is 6.08 Å². The van der Waals surface area contributed by atoms with Crippen LogP contribution in [0.5, 0.6) is 0 Å². The van der Waals surface area contributed by atoms with Gasteiger partial charge in [0.2, 0.25) is 5.91 Å². The summed E-state index contributed by atoms with van der Waals surface area (Å²) in [6.07, 6.45) is 3.76. The molecule has 5 heteroatoms. The van der Waals surface area contributed by atoms with Gasteiger partial charge in [0.05, 0.1) is 17.0 Å². The lowest BCUT2D eigenvalue weighted by molar-refractivity contribution is -0.117. The molecular formula is C16H16ClNO2S. The minimum absolute atomic E-state index is 0.0979. The van der Waals surface area contributed by atoms with E-state index in [1.54, 1.807) is 12.1 Å². The van der Waals surface area contributed by atoms with E-state index >= 15 is 0 Å². The summed E-state index contributed by atoms with van der Waals surface area (Å²) >= 11 is 7.23. The third-order valence-corrected chi connectivity index (χ3v) is 4.08. The molecule has 1 aromatic heterocycles. The van der Waals surface area contributed by atoms with Crippen LogP contribution in [-0.2, 0) is 11.2 Å². The molecule has 2 aromatic rings. The lowest BCUT2D eigenvalue weighted by atomic mass is 10.1. The van der Waals surface area contributed by atoms with Crippen LogP contribution >= 0.6 is 22.9 Å². The fraction of sp³-hybridized carbons (Fsp3) is 0.188. The van der Waals surface area contributed by atoms with E-state index < -0.39 is 0 Å². The van der Waals surface area contributed by atoms with Crippen molar-refractivity contribution in [2.75, 3.05) is 6.61 Å². The molecule has 0 saturated carbocycles. The molecule has 0 aliphatic carbocycles. The van der Waals surface area contributed by atoms with Gasteiger partial charge in [0, 0.05) is 11.0 Å². The topological polar surface area (TPSA) is 49.3 Å². The van der Waals surface area contributed by atoms with Crippen LogP contribution in [-0.4, -0.2) is 23.7 Å². The Morgan fingerprint density at radius 1 is 1.29 bits per heavy atom. The highest BCUT2D eigenvalue weighted by atomic mass is 35.5. The Bertz CT molecular complexity index is 610. The average Bonchev–Trinajstić information content (AvgIpc) is 2.91. The fourth-order valence-corrected chi connectivity index (χ4v) is 2.85. The van der Waals surface area contributed by atoms with Crippen molar-refractivity contribution >= 4 is 34.9 Å². The molecule has 2 N–H and O–H groups in total. The van der Waals surface area contributed by atoms with Gasteiger partial charge in [-0.05, 0) is 30.2 Å². The number of carbonyl (C=O) groups is 1. The fourth-order valence-electron chi connectivity index (χ4n) is 1.88. The van der Waals surface area contributed by atoms with Gasteiger partial charge in [0.15, 0.2) is 0 Å². The quantitative estimate of drug-likeness (QED) is 0.803. The minimum Gasteiger partial charge on any atom is -0.394 e. The predicted molar refractivity (Wildman–Crippen MR) is 87.5 cm³/mol. The summed E-state index contributed by atoms with van der Waals surface area (Å²) in [5.41, 5.74) is 1.07. The van der Waals surface area contributed by atoms with Crippen molar-refractivity contribution in [3.63, 3.8) is 0 Å². The Kier molecular flexibility index (Phi) is 5.99. The molecule has 1 amide bonds. The first-order chi connectivity index (χ1) is 10.2. The first-order valence-corrected chi connectivity index (χ1v) is 7.75. The first kappa shape index (κ1) is 15.8. The Morgan fingerprint density at radius 3 is 2.67 bits per heavy atom. The van der Waals surface area contributed by atoms with Crippen LogP contribution in [0.4, 0.5) is 0 Å². The van der Waals surface area contributed by atoms with Gasteiger partial charge in [0.1, 0.15) is 0 Å². The molecule has 110 valence electrons. The summed E-state index contributed by atoms with van der Waals surface area (Å²) in [7, 11) is 0. The molecule has 0 aliphatic heterocycles. The van der Waals surface area contributed by atoms with Crippen molar-refractivity contribution < 1.29 is 9.90 Å². The highest BCUT2D eigenvalue weighted by Gasteiger charge is 2.10. The van der Waals surface area contributed by atoms with E-state index in [0.29, 0.717) is 10.8 Å². The van der Waals surface area contributed by atoms with E-state index in [-0.39, 0.29) is 18.6 Å². The minimum atomic E-state index is -0.295. The highest BCUT2D eigenvalue weighted by molar-refractivity contribution is 7.17. The van der Waals surface area contributed by atoms with Crippen molar-refractivity contribution in [3.05, 3.63) is 63.3 Å². The summed E-state index contributed by atoms with van der Waals surface area (Å²) in [6.45, 7) is -0.0979. The third kappa shape index (κ3) is 5.34.